The largest absolute Gasteiger partial charge is 0.497 e. The van der Waals surface area contributed by atoms with Crippen molar-refractivity contribution in [3.8, 4) is 11.5 Å². The first kappa shape index (κ1) is 14.8. The number of rotatable bonds is 8. The molecule has 18 heavy (non-hydrogen) atoms. The van der Waals surface area contributed by atoms with Gasteiger partial charge in [-0.2, -0.15) is 0 Å². The van der Waals surface area contributed by atoms with Gasteiger partial charge in [0, 0.05) is 11.6 Å². The van der Waals surface area contributed by atoms with Gasteiger partial charge in [-0.3, -0.25) is 0 Å². The molecule has 0 bridgehead atoms. The molecule has 102 valence electrons. The van der Waals surface area contributed by atoms with Gasteiger partial charge in [-0.15, -0.1) is 0 Å². The first-order chi connectivity index (χ1) is 8.76. The summed E-state index contributed by atoms with van der Waals surface area (Å²) in [4.78, 5) is 0. The molecular formula is C15H25NO2. The normalized spacial score (nSPS) is 12.2. The predicted molar refractivity (Wildman–Crippen MR) is 75.5 cm³/mol. The Hall–Kier alpha value is -1.22. The van der Waals surface area contributed by atoms with Crippen LogP contribution in [0.25, 0.3) is 0 Å². The van der Waals surface area contributed by atoms with Crippen molar-refractivity contribution in [2.24, 2.45) is 0 Å². The number of hydrogen-bond donors (Lipinski definition) is 1. The van der Waals surface area contributed by atoms with Gasteiger partial charge in [0.05, 0.1) is 14.2 Å². The molecule has 0 aliphatic heterocycles. The minimum atomic E-state index is 0.321. The van der Waals surface area contributed by atoms with Gasteiger partial charge in [0.25, 0.3) is 0 Å². The van der Waals surface area contributed by atoms with E-state index in [4.69, 9.17) is 9.47 Å². The molecule has 3 heteroatoms. The van der Waals surface area contributed by atoms with Crippen molar-refractivity contribution >= 4 is 0 Å². The molecule has 1 aromatic carbocycles. The molecule has 1 rings (SSSR count). The third-order valence-electron chi connectivity index (χ3n) is 3.26. The average molecular weight is 251 g/mol. The van der Waals surface area contributed by atoms with Crippen molar-refractivity contribution in [2.45, 2.75) is 38.6 Å². The van der Waals surface area contributed by atoms with Gasteiger partial charge in [0.15, 0.2) is 0 Å². The number of ether oxygens (including phenoxy) is 2. The van der Waals surface area contributed by atoms with Crippen LogP contribution in [0, 0.1) is 0 Å². The number of unbranched alkanes of at least 4 members (excludes halogenated alkanes) is 2. The van der Waals surface area contributed by atoms with Crippen molar-refractivity contribution in [1.82, 2.24) is 5.32 Å². The van der Waals surface area contributed by atoms with Crippen molar-refractivity contribution in [3.05, 3.63) is 23.8 Å². The molecule has 1 atom stereocenters. The Morgan fingerprint density at radius 3 is 2.50 bits per heavy atom. The quantitative estimate of drug-likeness (QED) is 0.717. The highest BCUT2D eigenvalue weighted by molar-refractivity contribution is 5.42. The van der Waals surface area contributed by atoms with Crippen molar-refractivity contribution in [2.75, 3.05) is 21.3 Å². The molecule has 0 spiro atoms. The molecule has 1 N–H and O–H groups in total. The van der Waals surface area contributed by atoms with Crippen molar-refractivity contribution < 1.29 is 9.47 Å². The van der Waals surface area contributed by atoms with Gasteiger partial charge < -0.3 is 14.8 Å². The molecule has 0 amide bonds. The Labute approximate surface area is 110 Å². The summed E-state index contributed by atoms with van der Waals surface area (Å²) in [6, 6.07) is 6.28. The molecule has 3 nitrogen and oxygen atoms in total. The Kier molecular flexibility index (Phi) is 6.58. The fourth-order valence-electron chi connectivity index (χ4n) is 2.17. The van der Waals surface area contributed by atoms with E-state index in [1.54, 1.807) is 14.2 Å². The predicted octanol–water partition coefficient (Wildman–Crippen LogP) is 3.54. The van der Waals surface area contributed by atoms with E-state index in [1.165, 1.54) is 24.8 Å². The topological polar surface area (TPSA) is 30.5 Å². The van der Waals surface area contributed by atoms with Crippen LogP contribution >= 0.6 is 0 Å². The smallest absolute Gasteiger partial charge is 0.123 e. The van der Waals surface area contributed by atoms with Gasteiger partial charge in [-0.25, -0.2) is 0 Å². The Morgan fingerprint density at radius 2 is 1.94 bits per heavy atom. The minimum Gasteiger partial charge on any atom is -0.497 e. The molecule has 0 radical (unpaired) electrons. The average Bonchev–Trinajstić information content (AvgIpc) is 2.43. The summed E-state index contributed by atoms with van der Waals surface area (Å²) in [7, 11) is 5.40. The van der Waals surface area contributed by atoms with Crippen LogP contribution < -0.4 is 14.8 Å². The molecule has 1 unspecified atom stereocenters. The van der Waals surface area contributed by atoms with Gasteiger partial charge >= 0.3 is 0 Å². The van der Waals surface area contributed by atoms with Crippen LogP contribution in [0.2, 0.25) is 0 Å². The van der Waals surface area contributed by atoms with E-state index in [0.29, 0.717) is 6.04 Å². The summed E-state index contributed by atoms with van der Waals surface area (Å²) in [5, 5.41) is 3.37. The van der Waals surface area contributed by atoms with Crippen molar-refractivity contribution in [3.63, 3.8) is 0 Å². The second kappa shape index (κ2) is 7.98. The van der Waals surface area contributed by atoms with E-state index in [9.17, 15) is 0 Å². The van der Waals surface area contributed by atoms with Gasteiger partial charge in [0.1, 0.15) is 11.5 Å². The van der Waals surface area contributed by atoms with Gasteiger partial charge in [-0.05, 0) is 31.7 Å². The van der Waals surface area contributed by atoms with Crippen LogP contribution in [0.5, 0.6) is 11.5 Å². The number of hydrogen-bond acceptors (Lipinski definition) is 3. The summed E-state index contributed by atoms with van der Waals surface area (Å²) >= 11 is 0. The molecule has 1 aromatic rings. The van der Waals surface area contributed by atoms with E-state index in [2.05, 4.69) is 18.3 Å². The lowest BCUT2D eigenvalue weighted by Gasteiger charge is -2.20. The van der Waals surface area contributed by atoms with E-state index in [1.807, 2.05) is 19.2 Å². The van der Waals surface area contributed by atoms with E-state index < -0.39 is 0 Å². The highest BCUT2D eigenvalue weighted by Crippen LogP contribution is 2.31. The van der Waals surface area contributed by atoms with Crippen LogP contribution in [0.1, 0.15) is 44.2 Å². The van der Waals surface area contributed by atoms with Gasteiger partial charge in [-0.1, -0.05) is 26.2 Å². The summed E-state index contributed by atoms with van der Waals surface area (Å²) in [5.74, 6) is 1.80. The Balaban J connectivity index is 2.87. The summed E-state index contributed by atoms with van der Waals surface area (Å²) < 4.78 is 10.7. The maximum absolute atomic E-state index is 5.44. The summed E-state index contributed by atoms with van der Waals surface area (Å²) in [5.41, 5.74) is 1.18. The molecule has 0 fully saturated rings. The monoisotopic (exact) mass is 251 g/mol. The maximum Gasteiger partial charge on any atom is 0.123 e. The fraction of sp³-hybridized carbons (Fsp3) is 0.600. The molecule has 0 aromatic heterocycles. The molecule has 0 saturated heterocycles. The molecule has 0 aliphatic carbocycles. The standard InChI is InChI=1S/C15H25NO2/c1-5-6-7-8-14(16-2)13-11-12(17-3)9-10-15(13)18-4/h9-11,14,16H,5-8H2,1-4H3. The Bertz CT molecular complexity index is 352. The van der Waals surface area contributed by atoms with E-state index in [-0.39, 0.29) is 0 Å². The van der Waals surface area contributed by atoms with Crippen LogP contribution in [-0.2, 0) is 0 Å². The highest BCUT2D eigenvalue weighted by atomic mass is 16.5. The lowest BCUT2D eigenvalue weighted by Crippen LogP contribution is -2.17. The van der Waals surface area contributed by atoms with Crippen LogP contribution in [-0.4, -0.2) is 21.3 Å². The third-order valence-corrected chi connectivity index (χ3v) is 3.26. The first-order valence-corrected chi connectivity index (χ1v) is 6.66. The second-order valence-corrected chi connectivity index (χ2v) is 4.44. The third kappa shape index (κ3) is 3.91. The van der Waals surface area contributed by atoms with Gasteiger partial charge in [0.2, 0.25) is 0 Å². The zero-order chi connectivity index (χ0) is 13.4. The Morgan fingerprint density at radius 1 is 1.17 bits per heavy atom. The molecule has 0 aliphatic rings. The summed E-state index contributed by atoms with van der Waals surface area (Å²) in [6.07, 6.45) is 4.85. The number of benzene rings is 1. The van der Waals surface area contributed by atoms with E-state index in [0.717, 1.165) is 17.9 Å². The SMILES string of the molecule is CCCCCC(NC)c1cc(OC)ccc1OC. The lowest BCUT2D eigenvalue weighted by molar-refractivity contribution is 0.387. The van der Waals surface area contributed by atoms with Crippen LogP contribution in [0.4, 0.5) is 0 Å². The second-order valence-electron chi connectivity index (χ2n) is 4.44. The van der Waals surface area contributed by atoms with Crippen molar-refractivity contribution in [1.29, 1.82) is 0 Å². The van der Waals surface area contributed by atoms with Crippen LogP contribution in [0.3, 0.4) is 0 Å². The minimum absolute atomic E-state index is 0.321. The maximum atomic E-state index is 5.44. The lowest BCUT2D eigenvalue weighted by atomic mass is 9.99. The molecule has 0 saturated carbocycles. The fourth-order valence-corrected chi connectivity index (χ4v) is 2.17. The zero-order valence-electron chi connectivity index (χ0n) is 12.0. The zero-order valence-corrected chi connectivity index (χ0v) is 12.0. The van der Waals surface area contributed by atoms with Crippen LogP contribution in [0.15, 0.2) is 18.2 Å². The van der Waals surface area contributed by atoms with E-state index >= 15 is 0 Å². The highest BCUT2D eigenvalue weighted by Gasteiger charge is 2.15. The first-order valence-electron chi connectivity index (χ1n) is 6.66. The summed E-state index contributed by atoms with van der Waals surface area (Å²) in [6.45, 7) is 2.22. The number of methoxy groups -OCH3 is 2. The molecular weight excluding hydrogens is 226 g/mol. The number of nitrogens with one attached hydrogen (secondary N) is 1. The molecule has 0 heterocycles.